The molecule has 5 rings (SSSR count). The van der Waals surface area contributed by atoms with E-state index in [-0.39, 0.29) is 6.03 Å². The Morgan fingerprint density at radius 3 is 2.46 bits per heavy atom. The molecule has 1 unspecified atom stereocenters. The lowest BCUT2D eigenvalue weighted by Gasteiger charge is -2.35. The Kier molecular flexibility index (Phi) is 6.25. The first-order valence-electron chi connectivity index (χ1n) is 11.1. The smallest absolute Gasteiger partial charge is 0.322 e. The van der Waals surface area contributed by atoms with Gasteiger partial charge in [0.2, 0.25) is 5.82 Å². The molecule has 176 valence electrons. The van der Waals surface area contributed by atoms with Gasteiger partial charge in [0.05, 0.1) is 25.3 Å². The van der Waals surface area contributed by atoms with Gasteiger partial charge in [0.1, 0.15) is 5.75 Å². The molecule has 1 aliphatic heterocycles. The summed E-state index contributed by atoms with van der Waals surface area (Å²) in [5.74, 6) is 1.54. The summed E-state index contributed by atoms with van der Waals surface area (Å²) >= 11 is 6.39. The van der Waals surface area contributed by atoms with Crippen LogP contribution in [0, 0.1) is 0 Å². The number of carbonyl (C=O) groups excluding carboxylic acids is 1. The minimum atomic E-state index is -0.486. The standard InChI is InChI=1S/C27H23ClN4O3/c1-17-23(26-30-25(31-35-26)19-8-4-3-5-9-19)24(18-12-14-21(34-2)15-13-18)29-27(33)32(17)16-20-10-6-7-11-22(20)28/h3-15,24H,16H2,1-2H3,(H,29,33). The van der Waals surface area contributed by atoms with Crippen molar-refractivity contribution in [3.05, 3.63) is 107 Å². The van der Waals surface area contributed by atoms with E-state index in [4.69, 9.17) is 20.9 Å². The van der Waals surface area contributed by atoms with Crippen molar-refractivity contribution in [2.75, 3.05) is 7.11 Å². The van der Waals surface area contributed by atoms with Crippen molar-refractivity contribution >= 4 is 23.2 Å². The van der Waals surface area contributed by atoms with E-state index in [0.717, 1.165) is 28.0 Å². The van der Waals surface area contributed by atoms with Crippen molar-refractivity contribution in [1.29, 1.82) is 0 Å². The Balaban J connectivity index is 1.60. The third-order valence-electron chi connectivity index (χ3n) is 6.02. The minimum absolute atomic E-state index is 0.241. The van der Waals surface area contributed by atoms with Crippen LogP contribution >= 0.6 is 11.6 Å². The number of hydrogen-bond acceptors (Lipinski definition) is 5. The topological polar surface area (TPSA) is 80.5 Å². The average molecular weight is 487 g/mol. The van der Waals surface area contributed by atoms with Crippen LogP contribution in [0.25, 0.3) is 17.0 Å². The van der Waals surface area contributed by atoms with Gasteiger partial charge < -0.3 is 14.6 Å². The van der Waals surface area contributed by atoms with Gasteiger partial charge in [0.15, 0.2) is 0 Å². The zero-order valence-corrected chi connectivity index (χ0v) is 20.0. The number of rotatable bonds is 6. The third kappa shape index (κ3) is 4.50. The van der Waals surface area contributed by atoms with Gasteiger partial charge in [-0.1, -0.05) is 77.4 Å². The van der Waals surface area contributed by atoms with Crippen LogP contribution in [-0.4, -0.2) is 28.2 Å². The summed E-state index contributed by atoms with van der Waals surface area (Å²) in [5.41, 5.74) is 3.97. The summed E-state index contributed by atoms with van der Waals surface area (Å²) in [5, 5.41) is 7.90. The number of nitrogens with one attached hydrogen (secondary N) is 1. The predicted molar refractivity (Wildman–Crippen MR) is 134 cm³/mol. The lowest BCUT2D eigenvalue weighted by Crippen LogP contribution is -2.45. The highest BCUT2D eigenvalue weighted by atomic mass is 35.5. The molecule has 0 radical (unpaired) electrons. The summed E-state index contributed by atoms with van der Waals surface area (Å²) < 4.78 is 11.0. The van der Waals surface area contributed by atoms with E-state index < -0.39 is 6.04 Å². The van der Waals surface area contributed by atoms with E-state index in [2.05, 4.69) is 15.5 Å². The fourth-order valence-corrected chi connectivity index (χ4v) is 4.32. The van der Waals surface area contributed by atoms with Crippen molar-refractivity contribution in [2.24, 2.45) is 0 Å². The number of urea groups is 1. The zero-order chi connectivity index (χ0) is 24.4. The molecule has 35 heavy (non-hydrogen) atoms. The van der Waals surface area contributed by atoms with Crippen molar-refractivity contribution in [3.63, 3.8) is 0 Å². The highest BCUT2D eigenvalue weighted by Gasteiger charge is 2.36. The quantitative estimate of drug-likeness (QED) is 0.356. The van der Waals surface area contributed by atoms with Gasteiger partial charge in [0.25, 0.3) is 5.89 Å². The summed E-state index contributed by atoms with van der Waals surface area (Å²) in [6.45, 7) is 2.18. The van der Waals surface area contributed by atoms with Crippen molar-refractivity contribution in [1.82, 2.24) is 20.4 Å². The van der Waals surface area contributed by atoms with Crippen LogP contribution < -0.4 is 10.1 Å². The number of benzene rings is 3. The molecule has 0 aliphatic carbocycles. The Hall–Kier alpha value is -4.10. The first-order chi connectivity index (χ1) is 17.0. The number of ether oxygens (including phenoxy) is 1. The summed E-state index contributed by atoms with van der Waals surface area (Å²) in [6, 6.07) is 23.9. The second-order valence-electron chi connectivity index (χ2n) is 8.12. The van der Waals surface area contributed by atoms with Gasteiger partial charge in [-0.2, -0.15) is 4.98 Å². The second-order valence-corrected chi connectivity index (χ2v) is 8.53. The van der Waals surface area contributed by atoms with Crippen LogP contribution in [-0.2, 0) is 6.54 Å². The molecule has 0 fully saturated rings. The Morgan fingerprint density at radius 1 is 1.03 bits per heavy atom. The second kappa shape index (κ2) is 9.64. The SMILES string of the molecule is COc1ccc(C2NC(=O)N(Cc3ccccc3Cl)C(C)=C2c2nc(-c3ccccc3)no2)cc1. The Labute approximate surface area is 208 Å². The number of amides is 2. The van der Waals surface area contributed by atoms with Crippen LogP contribution in [0.5, 0.6) is 5.75 Å². The molecular formula is C27H23ClN4O3. The Bertz CT molecular complexity index is 1380. The predicted octanol–water partition coefficient (Wildman–Crippen LogP) is 6.10. The molecule has 0 spiro atoms. The van der Waals surface area contributed by atoms with E-state index in [1.54, 1.807) is 12.0 Å². The number of methoxy groups -OCH3 is 1. The van der Waals surface area contributed by atoms with Gasteiger partial charge in [-0.05, 0) is 36.2 Å². The number of halogens is 1. The van der Waals surface area contributed by atoms with Crippen LogP contribution in [0.4, 0.5) is 4.79 Å². The Morgan fingerprint density at radius 2 is 1.74 bits per heavy atom. The zero-order valence-electron chi connectivity index (χ0n) is 19.2. The number of aromatic nitrogens is 2. The molecule has 4 aromatic rings. The van der Waals surface area contributed by atoms with Crippen LogP contribution in [0.2, 0.25) is 5.02 Å². The number of hydrogen-bond donors (Lipinski definition) is 1. The molecule has 3 aromatic carbocycles. The van der Waals surface area contributed by atoms with Crippen LogP contribution in [0.3, 0.4) is 0 Å². The lowest BCUT2D eigenvalue weighted by atomic mass is 9.94. The summed E-state index contributed by atoms with van der Waals surface area (Å²) in [6.07, 6.45) is 0. The van der Waals surface area contributed by atoms with Crippen molar-refractivity contribution in [3.8, 4) is 17.1 Å². The summed E-state index contributed by atoms with van der Waals surface area (Å²) in [4.78, 5) is 19.6. The van der Waals surface area contributed by atoms with Gasteiger partial charge >= 0.3 is 6.03 Å². The molecule has 0 saturated carbocycles. The van der Waals surface area contributed by atoms with Gasteiger partial charge in [-0.3, -0.25) is 4.90 Å². The molecule has 1 atom stereocenters. The lowest BCUT2D eigenvalue weighted by molar-refractivity contribution is 0.203. The van der Waals surface area contributed by atoms with Crippen LogP contribution in [0.1, 0.15) is 30.0 Å². The monoisotopic (exact) mass is 486 g/mol. The van der Waals surface area contributed by atoms with Crippen molar-refractivity contribution in [2.45, 2.75) is 19.5 Å². The molecule has 0 saturated heterocycles. The van der Waals surface area contributed by atoms with Crippen LogP contribution in [0.15, 0.2) is 89.1 Å². The minimum Gasteiger partial charge on any atom is -0.497 e. The highest BCUT2D eigenvalue weighted by Crippen LogP contribution is 2.38. The first kappa shape index (κ1) is 22.7. The number of carbonyl (C=O) groups is 1. The number of allylic oxidation sites excluding steroid dienone is 1. The maximum absolute atomic E-state index is 13.3. The molecule has 1 aromatic heterocycles. The molecule has 2 heterocycles. The van der Waals surface area contributed by atoms with Gasteiger partial charge in [-0.15, -0.1) is 0 Å². The third-order valence-corrected chi connectivity index (χ3v) is 6.39. The van der Waals surface area contributed by atoms with E-state index in [1.807, 2.05) is 85.8 Å². The first-order valence-corrected chi connectivity index (χ1v) is 11.5. The molecule has 0 bridgehead atoms. The maximum atomic E-state index is 13.3. The molecular weight excluding hydrogens is 464 g/mol. The molecule has 7 nitrogen and oxygen atoms in total. The number of nitrogens with zero attached hydrogens (tertiary/aromatic N) is 3. The highest BCUT2D eigenvalue weighted by molar-refractivity contribution is 6.31. The van der Waals surface area contributed by atoms with Gasteiger partial charge in [0, 0.05) is 16.3 Å². The molecule has 2 amide bonds. The largest absolute Gasteiger partial charge is 0.497 e. The van der Waals surface area contributed by atoms with E-state index in [0.29, 0.717) is 29.0 Å². The van der Waals surface area contributed by atoms with Gasteiger partial charge in [-0.25, -0.2) is 4.79 Å². The van der Waals surface area contributed by atoms with Crippen molar-refractivity contribution < 1.29 is 14.1 Å². The fraction of sp³-hybridized carbons (Fsp3) is 0.148. The fourth-order valence-electron chi connectivity index (χ4n) is 4.13. The molecule has 1 aliphatic rings. The summed E-state index contributed by atoms with van der Waals surface area (Å²) in [7, 11) is 1.61. The molecule has 8 heteroatoms. The average Bonchev–Trinajstić information content (AvgIpc) is 3.37. The van der Waals surface area contributed by atoms with E-state index in [1.165, 1.54) is 0 Å². The maximum Gasteiger partial charge on any atom is 0.322 e. The van der Waals surface area contributed by atoms with E-state index >= 15 is 0 Å². The normalized spacial score (nSPS) is 15.8. The van der Waals surface area contributed by atoms with E-state index in [9.17, 15) is 4.79 Å². The molecule has 1 N–H and O–H groups in total.